The molecule has 0 amide bonds. The molecular formula is C10H6BrClO2. The summed E-state index contributed by atoms with van der Waals surface area (Å²) in [6.45, 7) is 0. The molecule has 0 aliphatic rings. The number of carbonyl (C=O) groups excluding carboxylic acids is 1. The van der Waals surface area contributed by atoms with Crippen molar-refractivity contribution in [1.82, 2.24) is 0 Å². The SMILES string of the molecule is COC(=O)C#Cc1cc(Cl)cc(Br)c1. The first-order valence-corrected chi connectivity index (χ1v) is 4.85. The van der Waals surface area contributed by atoms with E-state index in [0.717, 1.165) is 4.47 Å². The van der Waals surface area contributed by atoms with Gasteiger partial charge < -0.3 is 4.74 Å². The molecule has 4 heteroatoms. The number of hydrogen-bond acceptors (Lipinski definition) is 2. The zero-order valence-electron chi connectivity index (χ0n) is 7.30. The number of carbonyl (C=O) groups is 1. The van der Waals surface area contributed by atoms with Crippen molar-refractivity contribution >= 4 is 33.5 Å². The molecule has 0 aromatic heterocycles. The van der Waals surface area contributed by atoms with Crippen LogP contribution in [0.15, 0.2) is 22.7 Å². The molecule has 1 aromatic carbocycles. The molecule has 0 unspecified atom stereocenters. The molecule has 0 aliphatic carbocycles. The summed E-state index contributed by atoms with van der Waals surface area (Å²) in [5.74, 6) is 4.38. The topological polar surface area (TPSA) is 26.3 Å². The van der Waals surface area contributed by atoms with Gasteiger partial charge in [0.15, 0.2) is 0 Å². The second kappa shape index (κ2) is 5.04. The summed E-state index contributed by atoms with van der Waals surface area (Å²) in [6, 6.07) is 5.18. The van der Waals surface area contributed by atoms with Crippen LogP contribution in [0.2, 0.25) is 5.02 Å². The van der Waals surface area contributed by atoms with Gasteiger partial charge in [-0.15, -0.1) is 0 Å². The molecular weight excluding hydrogens is 267 g/mol. The summed E-state index contributed by atoms with van der Waals surface area (Å²) in [7, 11) is 1.28. The number of ether oxygens (including phenoxy) is 1. The van der Waals surface area contributed by atoms with Gasteiger partial charge in [0.2, 0.25) is 0 Å². The standard InChI is InChI=1S/C10H6BrClO2/c1-14-10(13)3-2-7-4-8(11)6-9(12)5-7/h4-6H,1H3. The Morgan fingerprint density at radius 2 is 2.21 bits per heavy atom. The van der Waals surface area contributed by atoms with Crippen molar-refractivity contribution in [3.05, 3.63) is 33.3 Å². The number of hydrogen-bond donors (Lipinski definition) is 0. The highest BCUT2D eigenvalue weighted by Gasteiger charge is 1.95. The van der Waals surface area contributed by atoms with E-state index in [1.165, 1.54) is 7.11 Å². The Kier molecular flexibility index (Phi) is 3.99. The summed E-state index contributed by atoms with van der Waals surface area (Å²) >= 11 is 9.05. The van der Waals surface area contributed by atoms with E-state index in [0.29, 0.717) is 10.6 Å². The minimum Gasteiger partial charge on any atom is -0.459 e. The molecule has 0 bridgehead atoms. The first-order valence-electron chi connectivity index (χ1n) is 3.68. The fourth-order valence-electron chi connectivity index (χ4n) is 0.800. The van der Waals surface area contributed by atoms with Gasteiger partial charge in [0.05, 0.1) is 7.11 Å². The third-order valence-corrected chi connectivity index (χ3v) is 2.03. The van der Waals surface area contributed by atoms with E-state index in [4.69, 9.17) is 11.6 Å². The summed E-state index contributed by atoms with van der Waals surface area (Å²) < 4.78 is 5.19. The average Bonchev–Trinajstić information content (AvgIpc) is 2.12. The number of benzene rings is 1. The van der Waals surface area contributed by atoms with Gasteiger partial charge in [-0.05, 0) is 18.2 Å². The number of esters is 1. The van der Waals surface area contributed by atoms with Crippen molar-refractivity contribution in [2.45, 2.75) is 0 Å². The van der Waals surface area contributed by atoms with Crippen LogP contribution < -0.4 is 0 Å². The normalized spacial score (nSPS) is 8.79. The second-order valence-electron chi connectivity index (χ2n) is 2.40. The van der Waals surface area contributed by atoms with Gasteiger partial charge in [-0.3, -0.25) is 0 Å². The predicted octanol–water partition coefficient (Wildman–Crippen LogP) is 2.63. The maximum Gasteiger partial charge on any atom is 0.384 e. The van der Waals surface area contributed by atoms with E-state index in [2.05, 4.69) is 32.5 Å². The molecule has 14 heavy (non-hydrogen) atoms. The lowest BCUT2D eigenvalue weighted by Crippen LogP contribution is -1.94. The van der Waals surface area contributed by atoms with Crippen molar-refractivity contribution in [2.24, 2.45) is 0 Å². The van der Waals surface area contributed by atoms with Gasteiger partial charge in [0.25, 0.3) is 0 Å². The van der Waals surface area contributed by atoms with Crippen molar-refractivity contribution in [2.75, 3.05) is 7.11 Å². The minimum atomic E-state index is -0.568. The third-order valence-electron chi connectivity index (χ3n) is 1.36. The summed E-state index contributed by atoms with van der Waals surface area (Å²) in [4.78, 5) is 10.7. The zero-order valence-corrected chi connectivity index (χ0v) is 9.65. The highest BCUT2D eigenvalue weighted by Crippen LogP contribution is 2.18. The zero-order chi connectivity index (χ0) is 10.6. The van der Waals surface area contributed by atoms with E-state index < -0.39 is 5.97 Å². The van der Waals surface area contributed by atoms with Gasteiger partial charge in [0.1, 0.15) is 0 Å². The molecule has 0 saturated heterocycles. The van der Waals surface area contributed by atoms with Crippen LogP contribution in [0.25, 0.3) is 0 Å². The van der Waals surface area contributed by atoms with E-state index in [9.17, 15) is 4.79 Å². The summed E-state index contributed by atoms with van der Waals surface area (Å²) in [6.07, 6.45) is 0. The first kappa shape index (κ1) is 11.1. The molecule has 0 radical (unpaired) electrons. The van der Waals surface area contributed by atoms with Crippen LogP contribution in [0.3, 0.4) is 0 Å². The molecule has 0 heterocycles. The lowest BCUT2D eigenvalue weighted by atomic mass is 10.2. The maximum absolute atomic E-state index is 10.7. The van der Waals surface area contributed by atoms with Crippen LogP contribution in [-0.4, -0.2) is 13.1 Å². The third kappa shape index (κ3) is 3.41. The monoisotopic (exact) mass is 272 g/mol. The summed E-state index contributed by atoms with van der Waals surface area (Å²) in [5, 5.41) is 0.563. The Hall–Kier alpha value is -0.980. The maximum atomic E-state index is 10.7. The van der Waals surface area contributed by atoms with Crippen LogP contribution in [0.1, 0.15) is 5.56 Å². The average molecular weight is 274 g/mol. The number of methoxy groups -OCH3 is 1. The van der Waals surface area contributed by atoms with Crippen LogP contribution in [0, 0.1) is 11.8 Å². The fraction of sp³-hybridized carbons (Fsp3) is 0.100. The molecule has 0 spiro atoms. The summed E-state index contributed by atoms with van der Waals surface area (Å²) in [5.41, 5.74) is 0.662. The van der Waals surface area contributed by atoms with Crippen LogP contribution in [-0.2, 0) is 9.53 Å². The highest BCUT2D eigenvalue weighted by molar-refractivity contribution is 9.10. The van der Waals surface area contributed by atoms with E-state index >= 15 is 0 Å². The molecule has 0 N–H and O–H groups in total. The van der Waals surface area contributed by atoms with Crippen LogP contribution >= 0.6 is 27.5 Å². The number of rotatable bonds is 0. The molecule has 0 atom stereocenters. The molecule has 72 valence electrons. The largest absolute Gasteiger partial charge is 0.459 e. The van der Waals surface area contributed by atoms with E-state index in [1.54, 1.807) is 18.2 Å². The Balaban J connectivity index is 2.95. The lowest BCUT2D eigenvalue weighted by molar-refractivity contribution is -0.133. The van der Waals surface area contributed by atoms with E-state index in [-0.39, 0.29) is 0 Å². The van der Waals surface area contributed by atoms with Crippen molar-refractivity contribution in [3.63, 3.8) is 0 Å². The van der Waals surface area contributed by atoms with E-state index in [1.807, 2.05) is 0 Å². The lowest BCUT2D eigenvalue weighted by Gasteiger charge is -1.94. The molecule has 0 fully saturated rings. The smallest absolute Gasteiger partial charge is 0.384 e. The Morgan fingerprint density at radius 3 is 2.79 bits per heavy atom. The molecule has 1 rings (SSSR count). The van der Waals surface area contributed by atoms with Crippen molar-refractivity contribution < 1.29 is 9.53 Å². The van der Waals surface area contributed by atoms with Gasteiger partial charge in [-0.25, -0.2) is 4.79 Å². The van der Waals surface area contributed by atoms with Gasteiger partial charge in [0, 0.05) is 21.0 Å². The molecule has 0 aliphatic heterocycles. The van der Waals surface area contributed by atoms with Crippen LogP contribution in [0.4, 0.5) is 0 Å². The van der Waals surface area contributed by atoms with Gasteiger partial charge >= 0.3 is 5.97 Å². The Bertz CT molecular complexity index is 398. The van der Waals surface area contributed by atoms with Gasteiger partial charge in [-0.2, -0.15) is 0 Å². The van der Waals surface area contributed by atoms with Crippen molar-refractivity contribution in [3.8, 4) is 11.8 Å². The quantitative estimate of drug-likeness (QED) is 0.536. The number of halogens is 2. The van der Waals surface area contributed by atoms with Crippen LogP contribution in [0.5, 0.6) is 0 Å². The fourth-order valence-corrected chi connectivity index (χ4v) is 1.66. The Morgan fingerprint density at radius 1 is 1.50 bits per heavy atom. The van der Waals surface area contributed by atoms with Gasteiger partial charge in [-0.1, -0.05) is 33.5 Å². The molecule has 0 saturated carbocycles. The predicted molar refractivity (Wildman–Crippen MR) is 58.0 cm³/mol. The minimum absolute atomic E-state index is 0.563. The first-order chi connectivity index (χ1) is 6.61. The molecule has 1 aromatic rings. The Labute approximate surface area is 95.3 Å². The highest BCUT2D eigenvalue weighted by atomic mass is 79.9. The second-order valence-corrected chi connectivity index (χ2v) is 3.75. The molecule has 2 nitrogen and oxygen atoms in total. The van der Waals surface area contributed by atoms with Crippen molar-refractivity contribution in [1.29, 1.82) is 0 Å².